The van der Waals surface area contributed by atoms with Crippen LogP contribution in [0.15, 0.2) is 35.6 Å². The summed E-state index contributed by atoms with van der Waals surface area (Å²) in [6.07, 6.45) is 5.44. The predicted octanol–water partition coefficient (Wildman–Crippen LogP) is 3.18. The fraction of sp³-hybridized carbons (Fsp3) is 0.500. The smallest absolute Gasteiger partial charge is 0.211 e. The van der Waals surface area contributed by atoms with Crippen LogP contribution in [0, 0.1) is 11.3 Å². The molecular weight excluding hydrogens is 198 g/mol. The summed E-state index contributed by atoms with van der Waals surface area (Å²) in [5.74, 6) is 0.480. The zero-order chi connectivity index (χ0) is 12.3. The van der Waals surface area contributed by atoms with Crippen LogP contribution in [0.4, 0.5) is 0 Å². The number of hydrogen-bond acceptors (Lipinski definition) is 1. The lowest BCUT2D eigenvalue weighted by Gasteiger charge is -2.19. The van der Waals surface area contributed by atoms with Gasteiger partial charge < -0.3 is 5.32 Å². The highest BCUT2D eigenvalue weighted by molar-refractivity contribution is 5.56. The molecule has 2 heteroatoms. The Labute approximate surface area is 98.1 Å². The molecule has 88 valence electrons. The Bertz CT molecular complexity index is 361. The van der Waals surface area contributed by atoms with E-state index in [4.69, 9.17) is 0 Å². The van der Waals surface area contributed by atoms with Crippen LogP contribution in [-0.4, -0.2) is 6.41 Å². The molecular formula is C14H21NO. The van der Waals surface area contributed by atoms with Crippen molar-refractivity contribution in [3.8, 4) is 0 Å². The second kappa shape index (κ2) is 4.69. The summed E-state index contributed by atoms with van der Waals surface area (Å²) in [4.78, 5) is 10.6. The molecule has 0 fully saturated rings. The van der Waals surface area contributed by atoms with Crippen LogP contribution >= 0.6 is 0 Å². The lowest BCUT2D eigenvalue weighted by Crippen LogP contribution is -2.15. The fourth-order valence-electron chi connectivity index (χ4n) is 2.62. The third-order valence-corrected chi connectivity index (χ3v) is 3.52. The van der Waals surface area contributed by atoms with Crippen LogP contribution in [0.1, 0.15) is 34.1 Å². The highest BCUT2D eigenvalue weighted by atomic mass is 16.1. The Hall–Kier alpha value is -1.31. The third kappa shape index (κ3) is 2.26. The molecule has 16 heavy (non-hydrogen) atoms. The van der Waals surface area contributed by atoms with Crippen LogP contribution in [0.5, 0.6) is 0 Å². The van der Waals surface area contributed by atoms with Gasteiger partial charge in [0, 0.05) is 5.70 Å². The van der Waals surface area contributed by atoms with Gasteiger partial charge in [0.1, 0.15) is 0 Å². The van der Waals surface area contributed by atoms with Crippen LogP contribution in [0.3, 0.4) is 0 Å². The van der Waals surface area contributed by atoms with Gasteiger partial charge in [-0.2, -0.15) is 0 Å². The van der Waals surface area contributed by atoms with Crippen LogP contribution in [0.2, 0.25) is 0 Å². The van der Waals surface area contributed by atoms with Gasteiger partial charge in [-0.3, -0.25) is 4.79 Å². The Balaban J connectivity index is 3.18. The molecule has 1 rings (SSSR count). The van der Waals surface area contributed by atoms with Gasteiger partial charge in [-0.05, 0) is 36.3 Å². The van der Waals surface area contributed by atoms with Crippen molar-refractivity contribution in [3.05, 3.63) is 35.6 Å². The molecule has 1 unspecified atom stereocenters. The van der Waals surface area contributed by atoms with Crippen molar-refractivity contribution in [3.63, 3.8) is 0 Å². The predicted molar refractivity (Wildman–Crippen MR) is 67.7 cm³/mol. The number of amides is 1. The molecule has 1 atom stereocenters. The van der Waals surface area contributed by atoms with E-state index in [9.17, 15) is 4.79 Å². The minimum atomic E-state index is 0.222. The summed E-state index contributed by atoms with van der Waals surface area (Å²) < 4.78 is 0. The van der Waals surface area contributed by atoms with Gasteiger partial charge in [-0.25, -0.2) is 0 Å². The zero-order valence-corrected chi connectivity index (χ0v) is 10.6. The molecule has 0 aromatic carbocycles. The minimum Gasteiger partial charge on any atom is -0.328 e. The third-order valence-electron chi connectivity index (χ3n) is 3.52. The monoisotopic (exact) mass is 219 g/mol. The van der Waals surface area contributed by atoms with Gasteiger partial charge in [-0.1, -0.05) is 39.0 Å². The molecule has 1 N–H and O–H groups in total. The van der Waals surface area contributed by atoms with Crippen LogP contribution < -0.4 is 5.32 Å². The van der Waals surface area contributed by atoms with Crippen LogP contribution in [0.25, 0.3) is 0 Å². The van der Waals surface area contributed by atoms with E-state index in [2.05, 4.69) is 39.6 Å². The Kier molecular flexibility index (Phi) is 3.74. The summed E-state index contributed by atoms with van der Waals surface area (Å²) in [5, 5.41) is 2.78. The lowest BCUT2D eigenvalue weighted by molar-refractivity contribution is -0.108. The van der Waals surface area contributed by atoms with Gasteiger partial charge >= 0.3 is 0 Å². The van der Waals surface area contributed by atoms with Crippen molar-refractivity contribution in [1.82, 2.24) is 5.32 Å². The maximum absolute atomic E-state index is 10.6. The summed E-state index contributed by atoms with van der Waals surface area (Å²) >= 11 is 0. The van der Waals surface area contributed by atoms with Crippen molar-refractivity contribution in [1.29, 1.82) is 0 Å². The quantitative estimate of drug-likeness (QED) is 0.571. The molecule has 0 aromatic rings. The Morgan fingerprint density at radius 2 is 2.19 bits per heavy atom. The average molecular weight is 219 g/mol. The van der Waals surface area contributed by atoms with E-state index in [1.807, 2.05) is 6.08 Å². The average Bonchev–Trinajstić information content (AvgIpc) is 2.36. The highest BCUT2D eigenvalue weighted by Crippen LogP contribution is 2.47. The van der Waals surface area contributed by atoms with Crippen molar-refractivity contribution in [2.45, 2.75) is 34.1 Å². The van der Waals surface area contributed by atoms with Crippen molar-refractivity contribution >= 4 is 6.41 Å². The number of allylic oxidation sites excluding steroid dienone is 4. The summed E-state index contributed by atoms with van der Waals surface area (Å²) in [6.45, 7) is 12.5. The summed E-state index contributed by atoms with van der Waals surface area (Å²) in [6, 6.07) is 0. The normalized spacial score (nSPS) is 24.5. The van der Waals surface area contributed by atoms with Gasteiger partial charge in [0.05, 0.1) is 0 Å². The molecule has 0 saturated heterocycles. The number of rotatable bonds is 4. The molecule has 0 saturated carbocycles. The van der Waals surface area contributed by atoms with Gasteiger partial charge in [0.2, 0.25) is 6.41 Å². The number of carbonyl (C=O) groups is 1. The Morgan fingerprint density at radius 3 is 2.56 bits per heavy atom. The van der Waals surface area contributed by atoms with E-state index in [1.54, 1.807) is 6.08 Å². The molecule has 0 aromatic heterocycles. The number of hydrogen-bond donors (Lipinski definition) is 1. The van der Waals surface area contributed by atoms with Gasteiger partial charge in [-0.15, -0.1) is 0 Å². The summed E-state index contributed by atoms with van der Waals surface area (Å²) in [5.41, 5.74) is 3.74. The number of carbonyl (C=O) groups excluding carboxylic acids is 1. The van der Waals surface area contributed by atoms with Crippen molar-refractivity contribution in [2.24, 2.45) is 11.3 Å². The first-order valence-corrected chi connectivity index (χ1v) is 5.68. The maximum atomic E-state index is 10.6. The van der Waals surface area contributed by atoms with E-state index in [0.29, 0.717) is 5.92 Å². The largest absolute Gasteiger partial charge is 0.328 e. The first kappa shape index (κ1) is 12.8. The van der Waals surface area contributed by atoms with Crippen LogP contribution in [-0.2, 0) is 4.79 Å². The standard InChI is InChI=1S/C14H21NO/c1-6-7-12(15-9-16)13-10(2)8-14(4,5)11(13)3/h6-7,9-10H,1,8H2,2-5H3,(H,15,16)/b12-7+. The molecule has 1 amide bonds. The molecule has 1 aliphatic carbocycles. The van der Waals surface area contributed by atoms with Crippen molar-refractivity contribution < 1.29 is 4.79 Å². The molecule has 2 nitrogen and oxygen atoms in total. The van der Waals surface area contributed by atoms with E-state index in [1.165, 1.54) is 11.1 Å². The second-order valence-corrected chi connectivity index (χ2v) is 5.11. The molecule has 0 heterocycles. The molecule has 0 radical (unpaired) electrons. The van der Waals surface area contributed by atoms with E-state index >= 15 is 0 Å². The first-order chi connectivity index (χ1) is 7.44. The minimum absolute atomic E-state index is 0.222. The lowest BCUT2D eigenvalue weighted by atomic mass is 9.85. The van der Waals surface area contributed by atoms with E-state index < -0.39 is 0 Å². The van der Waals surface area contributed by atoms with Gasteiger partial charge in [0.15, 0.2) is 0 Å². The van der Waals surface area contributed by atoms with E-state index in [-0.39, 0.29) is 5.41 Å². The molecule has 0 aliphatic heterocycles. The summed E-state index contributed by atoms with van der Waals surface area (Å²) in [7, 11) is 0. The molecule has 0 spiro atoms. The second-order valence-electron chi connectivity index (χ2n) is 5.11. The van der Waals surface area contributed by atoms with E-state index in [0.717, 1.165) is 18.5 Å². The maximum Gasteiger partial charge on any atom is 0.211 e. The molecule has 0 bridgehead atoms. The SMILES string of the molecule is C=C/C=C(/NC=O)C1=C(C)C(C)(C)CC1C. The first-order valence-electron chi connectivity index (χ1n) is 5.68. The van der Waals surface area contributed by atoms with Gasteiger partial charge in [0.25, 0.3) is 0 Å². The fourth-order valence-corrected chi connectivity index (χ4v) is 2.62. The zero-order valence-electron chi connectivity index (χ0n) is 10.6. The highest BCUT2D eigenvalue weighted by Gasteiger charge is 2.35. The molecule has 1 aliphatic rings. The number of nitrogens with one attached hydrogen (secondary N) is 1. The topological polar surface area (TPSA) is 29.1 Å². The Morgan fingerprint density at radius 1 is 1.56 bits per heavy atom. The van der Waals surface area contributed by atoms with Crippen molar-refractivity contribution in [2.75, 3.05) is 0 Å².